The van der Waals surface area contributed by atoms with E-state index in [1.165, 1.54) is 0 Å². The summed E-state index contributed by atoms with van der Waals surface area (Å²) in [7, 11) is 0. The fourth-order valence-electron chi connectivity index (χ4n) is 2.94. The van der Waals surface area contributed by atoms with Crippen LogP contribution in [0.15, 0.2) is 36.9 Å². The van der Waals surface area contributed by atoms with Crippen LogP contribution in [0.3, 0.4) is 0 Å². The van der Waals surface area contributed by atoms with E-state index in [0.717, 1.165) is 48.5 Å². The molecule has 3 rings (SSSR count). The second-order valence-electron chi connectivity index (χ2n) is 5.86. The van der Waals surface area contributed by atoms with E-state index in [-0.39, 0.29) is 6.03 Å². The molecule has 3 aromatic rings. The first kappa shape index (κ1) is 17.0. The summed E-state index contributed by atoms with van der Waals surface area (Å²) in [5.74, 6) is 1.07. The fraction of sp³-hybridized carbons (Fsp3) is 0.389. The van der Waals surface area contributed by atoms with Gasteiger partial charge in [-0.15, -0.1) is 0 Å². The zero-order valence-corrected chi connectivity index (χ0v) is 14.7. The van der Waals surface area contributed by atoms with Crippen molar-refractivity contribution in [2.75, 3.05) is 11.9 Å². The van der Waals surface area contributed by atoms with Crippen LogP contribution < -0.4 is 10.6 Å². The quantitative estimate of drug-likeness (QED) is 0.649. The Labute approximate surface area is 147 Å². The van der Waals surface area contributed by atoms with E-state index in [4.69, 9.17) is 0 Å². The number of fused-ring (bicyclic) bond motifs is 1. The highest BCUT2D eigenvalue weighted by atomic mass is 16.2. The Hall–Kier alpha value is -2.83. The zero-order chi connectivity index (χ0) is 17.6. The van der Waals surface area contributed by atoms with Crippen molar-refractivity contribution in [1.82, 2.24) is 24.4 Å². The Morgan fingerprint density at radius 1 is 1.28 bits per heavy atom. The van der Waals surface area contributed by atoms with Crippen molar-refractivity contribution in [3.05, 3.63) is 42.7 Å². The van der Waals surface area contributed by atoms with Crippen LogP contribution in [0.2, 0.25) is 0 Å². The molecule has 2 N–H and O–H groups in total. The third-order valence-corrected chi connectivity index (χ3v) is 4.16. The van der Waals surface area contributed by atoms with Gasteiger partial charge in [0.25, 0.3) is 0 Å². The molecule has 7 nitrogen and oxygen atoms in total. The summed E-state index contributed by atoms with van der Waals surface area (Å²) in [4.78, 5) is 20.7. The molecule has 1 aromatic carbocycles. The molecule has 0 spiro atoms. The maximum atomic E-state index is 12.0. The number of hydrogen-bond donors (Lipinski definition) is 2. The smallest absolute Gasteiger partial charge is 0.319 e. The molecular formula is C18H24N6O. The highest BCUT2D eigenvalue weighted by Gasteiger charge is 2.09. The van der Waals surface area contributed by atoms with Gasteiger partial charge in [-0.25, -0.2) is 14.8 Å². The normalized spacial score (nSPS) is 11.0. The summed E-state index contributed by atoms with van der Waals surface area (Å²) < 4.78 is 4.19. The number of urea groups is 1. The topological polar surface area (TPSA) is 76.8 Å². The number of hydrogen-bond acceptors (Lipinski definition) is 3. The van der Waals surface area contributed by atoms with Gasteiger partial charge in [0.1, 0.15) is 5.82 Å². The highest BCUT2D eigenvalue weighted by Crippen LogP contribution is 2.21. The van der Waals surface area contributed by atoms with E-state index in [1.807, 2.05) is 29.0 Å². The summed E-state index contributed by atoms with van der Waals surface area (Å²) >= 11 is 0. The van der Waals surface area contributed by atoms with Gasteiger partial charge in [0.15, 0.2) is 0 Å². The number of nitrogens with one attached hydrogen (secondary N) is 2. The molecule has 0 saturated heterocycles. The van der Waals surface area contributed by atoms with E-state index in [9.17, 15) is 4.79 Å². The number of carbonyl (C=O) groups excluding carboxylic acids is 1. The van der Waals surface area contributed by atoms with Crippen LogP contribution in [-0.4, -0.2) is 31.7 Å². The molecule has 0 radical (unpaired) electrons. The maximum absolute atomic E-state index is 12.0. The number of rotatable bonds is 7. The van der Waals surface area contributed by atoms with E-state index < -0.39 is 0 Å². The van der Waals surface area contributed by atoms with Gasteiger partial charge in [-0.05, 0) is 31.5 Å². The first-order chi connectivity index (χ1) is 12.2. The Bertz CT molecular complexity index is 837. The molecule has 0 aliphatic heterocycles. The number of aryl methyl sites for hydroxylation is 3. The Morgan fingerprint density at radius 2 is 2.16 bits per heavy atom. The standard InChI is InChI=1S/C18H24N6O/c1-3-17-22-15-12-14(6-7-16(15)24(17)4-2)21-18(25)20-8-5-10-23-11-9-19-13-23/h6-7,9,11-13H,3-5,8,10H2,1-2H3,(H2,20,21,25). The van der Waals surface area contributed by atoms with Crippen molar-refractivity contribution < 1.29 is 4.79 Å². The average Bonchev–Trinajstić information content (AvgIpc) is 3.25. The predicted octanol–water partition coefficient (Wildman–Crippen LogP) is 3.03. The molecule has 7 heteroatoms. The van der Waals surface area contributed by atoms with Gasteiger partial charge in [0, 0.05) is 44.1 Å². The van der Waals surface area contributed by atoms with E-state index in [0.29, 0.717) is 6.54 Å². The summed E-state index contributed by atoms with van der Waals surface area (Å²) in [5, 5.41) is 5.75. The van der Waals surface area contributed by atoms with Crippen molar-refractivity contribution >= 4 is 22.8 Å². The number of benzene rings is 1. The lowest BCUT2D eigenvalue weighted by molar-refractivity contribution is 0.252. The second kappa shape index (κ2) is 7.83. The lowest BCUT2D eigenvalue weighted by atomic mass is 10.2. The maximum Gasteiger partial charge on any atom is 0.319 e. The SMILES string of the molecule is CCc1nc2cc(NC(=O)NCCCn3ccnc3)ccc2n1CC. The summed E-state index contributed by atoms with van der Waals surface area (Å²) in [6.45, 7) is 6.55. The lowest BCUT2D eigenvalue weighted by Crippen LogP contribution is -2.30. The Balaban J connectivity index is 1.55. The third kappa shape index (κ3) is 3.99. The molecular weight excluding hydrogens is 316 g/mol. The van der Waals surface area contributed by atoms with Crippen molar-refractivity contribution in [2.24, 2.45) is 0 Å². The van der Waals surface area contributed by atoms with Crippen LogP contribution in [0.5, 0.6) is 0 Å². The van der Waals surface area contributed by atoms with Gasteiger partial charge in [-0.3, -0.25) is 0 Å². The van der Waals surface area contributed by atoms with Crippen LogP contribution in [0, 0.1) is 0 Å². The number of imidazole rings is 2. The fourth-order valence-corrected chi connectivity index (χ4v) is 2.94. The summed E-state index contributed by atoms with van der Waals surface area (Å²) in [6.07, 6.45) is 7.18. The molecule has 2 heterocycles. The highest BCUT2D eigenvalue weighted by molar-refractivity contribution is 5.92. The summed E-state index contributed by atoms with van der Waals surface area (Å²) in [6, 6.07) is 5.65. The average molecular weight is 340 g/mol. The van der Waals surface area contributed by atoms with Crippen LogP contribution in [0.25, 0.3) is 11.0 Å². The number of anilines is 1. The first-order valence-corrected chi connectivity index (χ1v) is 8.71. The van der Waals surface area contributed by atoms with Gasteiger partial charge in [0.2, 0.25) is 0 Å². The molecule has 0 saturated carbocycles. The molecule has 0 aliphatic rings. The zero-order valence-electron chi connectivity index (χ0n) is 14.7. The number of carbonyl (C=O) groups is 1. The van der Waals surface area contributed by atoms with Gasteiger partial charge >= 0.3 is 6.03 Å². The van der Waals surface area contributed by atoms with Crippen LogP contribution in [-0.2, 0) is 19.5 Å². The molecule has 2 aromatic heterocycles. The number of aromatic nitrogens is 4. The minimum absolute atomic E-state index is 0.198. The molecule has 0 fully saturated rings. The van der Waals surface area contributed by atoms with Crippen LogP contribution in [0.4, 0.5) is 10.5 Å². The molecule has 2 amide bonds. The van der Waals surface area contributed by atoms with Crippen LogP contribution in [0.1, 0.15) is 26.1 Å². The Morgan fingerprint density at radius 3 is 2.88 bits per heavy atom. The Kier molecular flexibility index (Phi) is 5.33. The minimum atomic E-state index is -0.198. The molecule has 0 aliphatic carbocycles. The summed E-state index contributed by atoms with van der Waals surface area (Å²) in [5.41, 5.74) is 2.77. The van der Waals surface area contributed by atoms with E-state index in [1.54, 1.807) is 12.5 Å². The van der Waals surface area contributed by atoms with Crippen molar-refractivity contribution in [3.63, 3.8) is 0 Å². The van der Waals surface area contributed by atoms with Crippen molar-refractivity contribution in [3.8, 4) is 0 Å². The van der Waals surface area contributed by atoms with Gasteiger partial charge in [0.05, 0.1) is 17.4 Å². The van der Waals surface area contributed by atoms with Crippen molar-refractivity contribution in [2.45, 2.75) is 39.8 Å². The lowest BCUT2D eigenvalue weighted by Gasteiger charge is -2.08. The number of amides is 2. The molecule has 0 unspecified atom stereocenters. The van der Waals surface area contributed by atoms with Gasteiger partial charge in [-0.2, -0.15) is 0 Å². The van der Waals surface area contributed by atoms with E-state index >= 15 is 0 Å². The molecule has 0 bridgehead atoms. The molecule has 25 heavy (non-hydrogen) atoms. The van der Waals surface area contributed by atoms with Gasteiger partial charge < -0.3 is 19.8 Å². The molecule has 0 atom stereocenters. The minimum Gasteiger partial charge on any atom is -0.338 e. The largest absolute Gasteiger partial charge is 0.338 e. The van der Waals surface area contributed by atoms with Crippen LogP contribution >= 0.6 is 0 Å². The third-order valence-electron chi connectivity index (χ3n) is 4.16. The monoisotopic (exact) mass is 340 g/mol. The number of nitrogens with zero attached hydrogens (tertiary/aromatic N) is 4. The van der Waals surface area contributed by atoms with E-state index in [2.05, 4.69) is 39.0 Å². The molecule has 132 valence electrons. The first-order valence-electron chi connectivity index (χ1n) is 8.71. The predicted molar refractivity (Wildman–Crippen MR) is 98.7 cm³/mol. The van der Waals surface area contributed by atoms with Gasteiger partial charge in [-0.1, -0.05) is 6.92 Å². The van der Waals surface area contributed by atoms with Crippen molar-refractivity contribution in [1.29, 1.82) is 0 Å². The second-order valence-corrected chi connectivity index (χ2v) is 5.86.